The molecule has 0 heterocycles. The minimum atomic E-state index is -3.63. The number of aliphatic carboxylic acids is 1. The highest BCUT2D eigenvalue weighted by atomic mass is 32.2. The number of carboxylic acid groups (broad SMARTS) is 1. The number of fused-ring (bicyclic) bond motifs is 1. The molecule has 0 atom stereocenters. The monoisotopic (exact) mass is 321 g/mol. The highest BCUT2D eigenvalue weighted by Crippen LogP contribution is 2.23. The molecule has 1 amide bonds. The van der Waals surface area contributed by atoms with E-state index in [4.69, 9.17) is 5.11 Å². The smallest absolute Gasteiger partial charge is 0.304 e. The molecular formula is C15H15NO5S. The van der Waals surface area contributed by atoms with E-state index in [0.717, 1.165) is 5.39 Å². The molecule has 0 spiro atoms. The number of benzene rings is 2. The molecule has 6 nitrogen and oxygen atoms in total. The number of rotatable bonds is 5. The maximum atomic E-state index is 12.1. The van der Waals surface area contributed by atoms with Crippen LogP contribution in [0.15, 0.2) is 41.3 Å². The van der Waals surface area contributed by atoms with Crippen LogP contribution in [0.3, 0.4) is 0 Å². The van der Waals surface area contributed by atoms with E-state index in [1.54, 1.807) is 24.3 Å². The number of carbonyl (C=O) groups excluding carboxylic acids is 1. The zero-order valence-corrected chi connectivity index (χ0v) is 12.7. The van der Waals surface area contributed by atoms with E-state index < -0.39 is 28.0 Å². The van der Waals surface area contributed by atoms with Gasteiger partial charge in [0, 0.05) is 12.6 Å². The maximum absolute atomic E-state index is 12.1. The average Bonchev–Trinajstić information content (AvgIpc) is 2.44. The van der Waals surface area contributed by atoms with Crippen molar-refractivity contribution in [2.75, 3.05) is 11.1 Å². The first-order valence-electron chi connectivity index (χ1n) is 6.54. The lowest BCUT2D eigenvalue weighted by Gasteiger charge is -2.07. The molecule has 2 aromatic carbocycles. The Morgan fingerprint density at radius 1 is 1.09 bits per heavy atom. The number of hydrogen-bond donors (Lipinski definition) is 2. The van der Waals surface area contributed by atoms with Crippen LogP contribution in [0.2, 0.25) is 0 Å². The van der Waals surface area contributed by atoms with Gasteiger partial charge in [0.1, 0.15) is 0 Å². The topological polar surface area (TPSA) is 101 Å². The van der Waals surface area contributed by atoms with Gasteiger partial charge < -0.3 is 10.4 Å². The molecule has 0 aliphatic heterocycles. The van der Waals surface area contributed by atoms with Crippen LogP contribution in [0, 0.1) is 0 Å². The van der Waals surface area contributed by atoms with Crippen molar-refractivity contribution in [3.63, 3.8) is 0 Å². The summed E-state index contributed by atoms with van der Waals surface area (Å²) < 4.78 is 24.1. The standard InChI is InChI=1S/C15H15NO5S/c1-10(17)16-13-4-2-12-9-14(5-3-11(12)8-13)22(20,21)7-6-15(18)19/h2-5,8-9H,6-7H2,1H3,(H,16,17)(H,18,19). The summed E-state index contributed by atoms with van der Waals surface area (Å²) in [6.07, 6.45) is -0.429. The molecule has 0 aliphatic rings. The van der Waals surface area contributed by atoms with Gasteiger partial charge in [0.25, 0.3) is 0 Å². The van der Waals surface area contributed by atoms with Crippen molar-refractivity contribution >= 4 is 38.2 Å². The van der Waals surface area contributed by atoms with Crippen LogP contribution >= 0.6 is 0 Å². The van der Waals surface area contributed by atoms with Gasteiger partial charge in [0.15, 0.2) is 9.84 Å². The summed E-state index contributed by atoms with van der Waals surface area (Å²) in [4.78, 5) is 21.6. The van der Waals surface area contributed by atoms with Crippen LogP contribution < -0.4 is 5.32 Å². The Balaban J connectivity index is 2.35. The van der Waals surface area contributed by atoms with Crippen molar-refractivity contribution in [3.8, 4) is 0 Å². The zero-order valence-electron chi connectivity index (χ0n) is 11.9. The molecule has 0 aliphatic carbocycles. The summed E-state index contributed by atoms with van der Waals surface area (Å²) in [6, 6.07) is 9.70. The lowest BCUT2D eigenvalue weighted by Crippen LogP contribution is -2.11. The van der Waals surface area contributed by atoms with E-state index in [2.05, 4.69) is 5.32 Å². The fourth-order valence-corrected chi connectivity index (χ4v) is 3.30. The number of anilines is 1. The van der Waals surface area contributed by atoms with Crippen molar-refractivity contribution in [2.45, 2.75) is 18.2 Å². The van der Waals surface area contributed by atoms with Gasteiger partial charge in [-0.2, -0.15) is 0 Å². The number of carboxylic acids is 1. The van der Waals surface area contributed by atoms with E-state index in [9.17, 15) is 18.0 Å². The van der Waals surface area contributed by atoms with Gasteiger partial charge >= 0.3 is 5.97 Å². The van der Waals surface area contributed by atoms with Gasteiger partial charge in [-0.25, -0.2) is 8.42 Å². The predicted molar refractivity (Wildman–Crippen MR) is 82.6 cm³/mol. The van der Waals surface area contributed by atoms with E-state index in [-0.39, 0.29) is 10.8 Å². The van der Waals surface area contributed by atoms with Crippen LogP contribution in [-0.4, -0.2) is 31.2 Å². The highest BCUT2D eigenvalue weighted by molar-refractivity contribution is 7.91. The average molecular weight is 321 g/mol. The molecular weight excluding hydrogens is 306 g/mol. The van der Waals surface area contributed by atoms with Crippen LogP contribution in [0.1, 0.15) is 13.3 Å². The van der Waals surface area contributed by atoms with Crippen LogP contribution in [0.25, 0.3) is 10.8 Å². The van der Waals surface area contributed by atoms with E-state index in [0.29, 0.717) is 11.1 Å². The number of amides is 1. The summed E-state index contributed by atoms with van der Waals surface area (Å²) in [6.45, 7) is 1.41. The molecule has 0 fully saturated rings. The molecule has 2 rings (SSSR count). The molecule has 2 N–H and O–H groups in total. The SMILES string of the molecule is CC(=O)Nc1ccc2cc(S(=O)(=O)CCC(=O)O)ccc2c1. The van der Waals surface area contributed by atoms with Crippen molar-refractivity contribution in [2.24, 2.45) is 0 Å². The van der Waals surface area contributed by atoms with E-state index >= 15 is 0 Å². The Labute approximate surface area is 127 Å². The Morgan fingerprint density at radius 2 is 1.73 bits per heavy atom. The minimum Gasteiger partial charge on any atom is -0.481 e. The maximum Gasteiger partial charge on any atom is 0.304 e. The molecule has 2 aromatic rings. The first-order valence-corrected chi connectivity index (χ1v) is 8.19. The molecule has 0 saturated heterocycles. The fraction of sp³-hybridized carbons (Fsp3) is 0.200. The summed E-state index contributed by atoms with van der Waals surface area (Å²) in [5.41, 5.74) is 0.626. The van der Waals surface area contributed by atoms with Gasteiger partial charge in [-0.1, -0.05) is 12.1 Å². The third kappa shape index (κ3) is 3.82. The highest BCUT2D eigenvalue weighted by Gasteiger charge is 2.16. The molecule has 116 valence electrons. The van der Waals surface area contributed by atoms with Crippen molar-refractivity contribution in [1.29, 1.82) is 0 Å². The lowest BCUT2D eigenvalue weighted by atomic mass is 10.1. The Hall–Kier alpha value is -2.41. The largest absolute Gasteiger partial charge is 0.481 e. The van der Waals surface area contributed by atoms with Crippen molar-refractivity contribution in [1.82, 2.24) is 0 Å². The first kappa shape index (κ1) is 16.0. The zero-order chi connectivity index (χ0) is 16.3. The number of nitrogens with one attached hydrogen (secondary N) is 1. The molecule has 22 heavy (non-hydrogen) atoms. The molecule has 0 unspecified atom stereocenters. The second-order valence-corrected chi connectivity index (χ2v) is 6.98. The molecule has 0 bridgehead atoms. The van der Waals surface area contributed by atoms with Gasteiger partial charge in [-0.3, -0.25) is 9.59 Å². The second kappa shape index (κ2) is 6.15. The Bertz CT molecular complexity index is 842. The molecule has 0 saturated carbocycles. The van der Waals surface area contributed by atoms with Gasteiger partial charge in [0.2, 0.25) is 5.91 Å². The van der Waals surface area contributed by atoms with E-state index in [1.165, 1.54) is 19.1 Å². The quantitative estimate of drug-likeness (QED) is 0.877. The molecule has 7 heteroatoms. The van der Waals surface area contributed by atoms with E-state index in [1.807, 2.05) is 0 Å². The van der Waals surface area contributed by atoms with Crippen molar-refractivity contribution < 1.29 is 23.1 Å². The second-order valence-electron chi connectivity index (χ2n) is 4.87. The third-order valence-electron chi connectivity index (χ3n) is 3.08. The van der Waals surface area contributed by atoms with Crippen molar-refractivity contribution in [3.05, 3.63) is 36.4 Å². The Kier molecular flexibility index (Phi) is 4.46. The van der Waals surface area contributed by atoms with Gasteiger partial charge in [0.05, 0.1) is 17.1 Å². The number of carbonyl (C=O) groups is 2. The third-order valence-corrected chi connectivity index (χ3v) is 4.79. The van der Waals surface area contributed by atoms with Gasteiger partial charge in [-0.05, 0) is 35.0 Å². The van der Waals surface area contributed by atoms with Crippen LogP contribution in [-0.2, 0) is 19.4 Å². The van der Waals surface area contributed by atoms with Gasteiger partial charge in [-0.15, -0.1) is 0 Å². The van der Waals surface area contributed by atoms with Crippen LogP contribution in [0.5, 0.6) is 0 Å². The number of sulfone groups is 1. The lowest BCUT2D eigenvalue weighted by molar-refractivity contribution is -0.136. The normalized spacial score (nSPS) is 11.3. The minimum absolute atomic E-state index is 0.0912. The summed E-state index contributed by atoms with van der Waals surface area (Å²) in [5.74, 6) is -1.77. The first-order chi connectivity index (χ1) is 10.3. The fourth-order valence-electron chi connectivity index (χ4n) is 2.04. The summed E-state index contributed by atoms with van der Waals surface area (Å²) in [5, 5.41) is 12.7. The van der Waals surface area contributed by atoms with Crippen LogP contribution in [0.4, 0.5) is 5.69 Å². The molecule has 0 aromatic heterocycles. The predicted octanol–water partition coefficient (Wildman–Crippen LogP) is 2.05. The molecule has 0 radical (unpaired) electrons. The summed E-state index contributed by atoms with van der Waals surface area (Å²) >= 11 is 0. The number of hydrogen-bond acceptors (Lipinski definition) is 4. The Morgan fingerprint density at radius 3 is 2.36 bits per heavy atom. The summed E-state index contributed by atoms with van der Waals surface area (Å²) in [7, 11) is -3.63.